The van der Waals surface area contributed by atoms with Crippen molar-refractivity contribution < 1.29 is 4.79 Å². The van der Waals surface area contributed by atoms with Crippen LogP contribution in [0.2, 0.25) is 0 Å². The minimum Gasteiger partial charge on any atom is -0.301 e. The van der Waals surface area contributed by atoms with E-state index in [2.05, 4.69) is 24.1 Å². The van der Waals surface area contributed by atoms with Crippen molar-refractivity contribution in [2.75, 3.05) is 5.32 Å². The Labute approximate surface area is 146 Å². The van der Waals surface area contributed by atoms with E-state index in [0.29, 0.717) is 11.0 Å². The number of anilines is 1. The average Bonchev–Trinajstić information content (AvgIpc) is 3.06. The Hall–Kier alpha value is -2.46. The lowest BCUT2D eigenvalue weighted by atomic mass is 9.90. The van der Waals surface area contributed by atoms with Crippen LogP contribution in [0, 0.1) is 0 Å². The minimum absolute atomic E-state index is 0.0583. The second-order valence-corrected chi connectivity index (χ2v) is 6.83. The summed E-state index contributed by atoms with van der Waals surface area (Å²) in [7, 11) is 0. The first-order valence-electron chi connectivity index (χ1n) is 8.01. The van der Waals surface area contributed by atoms with E-state index in [9.17, 15) is 4.79 Å². The number of nitrogens with one attached hydrogen (secondary N) is 1. The largest absolute Gasteiger partial charge is 0.301 e. The van der Waals surface area contributed by atoms with E-state index >= 15 is 0 Å². The predicted molar refractivity (Wildman–Crippen MR) is 99.6 cm³/mol. The molecule has 24 heavy (non-hydrogen) atoms. The van der Waals surface area contributed by atoms with Gasteiger partial charge in [0, 0.05) is 5.38 Å². The number of hydrogen-bond donors (Lipinski definition) is 1. The van der Waals surface area contributed by atoms with Crippen molar-refractivity contribution in [2.45, 2.75) is 25.7 Å². The molecule has 3 aromatic rings. The number of aromatic nitrogens is 1. The molecule has 3 rings (SSSR count). The molecule has 0 aliphatic rings. The van der Waals surface area contributed by atoms with Crippen LogP contribution in [0.5, 0.6) is 0 Å². The van der Waals surface area contributed by atoms with Crippen LogP contribution in [0.4, 0.5) is 5.13 Å². The fourth-order valence-electron chi connectivity index (χ4n) is 2.57. The van der Waals surface area contributed by atoms with Crippen LogP contribution in [0.25, 0.3) is 0 Å². The molecular weight excluding hydrogens is 316 g/mol. The average molecular weight is 336 g/mol. The molecule has 122 valence electrons. The number of carbonyl (C=O) groups is 1. The summed E-state index contributed by atoms with van der Waals surface area (Å²) in [5.41, 5.74) is 2.95. The van der Waals surface area contributed by atoms with E-state index in [0.717, 1.165) is 16.8 Å². The van der Waals surface area contributed by atoms with Gasteiger partial charge in [-0.25, -0.2) is 4.98 Å². The molecule has 1 N–H and O–H groups in total. The standard InChI is InChI=1S/C20H20N2OS/c1-14(2)17-13-24-20(21-17)22-19(23)18(15-9-5-3-6-10-15)16-11-7-4-8-12-16/h3-14,18H,1-2H3,(H,21,22,23). The predicted octanol–water partition coefficient (Wildman–Crippen LogP) is 5.04. The monoisotopic (exact) mass is 336 g/mol. The van der Waals surface area contributed by atoms with Gasteiger partial charge in [-0.1, -0.05) is 74.5 Å². The van der Waals surface area contributed by atoms with Crippen molar-refractivity contribution in [3.05, 3.63) is 82.9 Å². The van der Waals surface area contributed by atoms with Gasteiger partial charge in [-0.15, -0.1) is 11.3 Å². The first-order valence-corrected chi connectivity index (χ1v) is 8.89. The number of amides is 1. The van der Waals surface area contributed by atoms with Crippen LogP contribution in [-0.2, 0) is 4.79 Å². The molecule has 0 saturated carbocycles. The SMILES string of the molecule is CC(C)c1csc(NC(=O)C(c2ccccc2)c2ccccc2)n1. The molecule has 1 heterocycles. The van der Waals surface area contributed by atoms with Gasteiger partial charge in [-0.3, -0.25) is 4.79 Å². The molecule has 0 unspecified atom stereocenters. The van der Waals surface area contributed by atoms with Crippen molar-refractivity contribution in [1.29, 1.82) is 0 Å². The van der Waals surface area contributed by atoms with E-state index in [-0.39, 0.29) is 11.8 Å². The van der Waals surface area contributed by atoms with Gasteiger partial charge in [0.1, 0.15) is 0 Å². The van der Waals surface area contributed by atoms with Crippen molar-refractivity contribution in [2.24, 2.45) is 0 Å². The third-order valence-electron chi connectivity index (χ3n) is 3.87. The third-order valence-corrected chi connectivity index (χ3v) is 4.65. The zero-order valence-electron chi connectivity index (χ0n) is 13.8. The van der Waals surface area contributed by atoms with Crippen molar-refractivity contribution in [3.63, 3.8) is 0 Å². The highest BCUT2D eigenvalue weighted by atomic mass is 32.1. The van der Waals surface area contributed by atoms with Gasteiger partial charge in [0.25, 0.3) is 0 Å². The topological polar surface area (TPSA) is 42.0 Å². The zero-order chi connectivity index (χ0) is 16.9. The summed E-state index contributed by atoms with van der Waals surface area (Å²) in [5.74, 6) is -0.0539. The van der Waals surface area contributed by atoms with Crippen LogP contribution < -0.4 is 5.32 Å². The minimum atomic E-state index is -0.348. The molecule has 0 fully saturated rings. The lowest BCUT2D eigenvalue weighted by Crippen LogP contribution is -2.22. The molecule has 0 bridgehead atoms. The lowest BCUT2D eigenvalue weighted by molar-refractivity contribution is -0.116. The summed E-state index contributed by atoms with van der Waals surface area (Å²) in [6, 6.07) is 19.7. The number of rotatable bonds is 5. The van der Waals surface area contributed by atoms with Crippen molar-refractivity contribution >= 4 is 22.4 Å². The first kappa shape index (κ1) is 16.4. The molecular formula is C20H20N2OS. The molecule has 0 radical (unpaired) electrons. The summed E-state index contributed by atoms with van der Waals surface area (Å²) in [6.07, 6.45) is 0. The van der Waals surface area contributed by atoms with E-state index < -0.39 is 0 Å². The molecule has 1 amide bonds. The molecule has 0 aliphatic heterocycles. The molecule has 0 atom stereocenters. The second kappa shape index (κ2) is 7.41. The smallest absolute Gasteiger partial charge is 0.238 e. The maximum atomic E-state index is 12.9. The van der Waals surface area contributed by atoms with E-state index in [1.54, 1.807) is 0 Å². The number of thiazole rings is 1. The summed E-state index contributed by atoms with van der Waals surface area (Å²) < 4.78 is 0. The maximum Gasteiger partial charge on any atom is 0.238 e. The van der Waals surface area contributed by atoms with E-state index in [1.165, 1.54) is 11.3 Å². The number of carbonyl (C=O) groups excluding carboxylic acids is 1. The molecule has 0 spiro atoms. The Morgan fingerprint density at radius 1 is 0.958 bits per heavy atom. The van der Waals surface area contributed by atoms with Gasteiger partial charge in [-0.2, -0.15) is 0 Å². The number of nitrogens with zero attached hydrogens (tertiary/aromatic N) is 1. The van der Waals surface area contributed by atoms with Gasteiger partial charge >= 0.3 is 0 Å². The molecule has 1 aromatic heterocycles. The van der Waals surface area contributed by atoms with Gasteiger partial charge < -0.3 is 5.32 Å². The molecule has 0 saturated heterocycles. The highest BCUT2D eigenvalue weighted by Gasteiger charge is 2.23. The van der Waals surface area contributed by atoms with Crippen molar-refractivity contribution in [1.82, 2.24) is 4.98 Å². The van der Waals surface area contributed by atoms with Crippen LogP contribution in [0.15, 0.2) is 66.0 Å². The number of hydrogen-bond acceptors (Lipinski definition) is 3. The highest BCUT2D eigenvalue weighted by Crippen LogP contribution is 2.28. The Kier molecular flexibility index (Phi) is 5.06. The molecule has 3 nitrogen and oxygen atoms in total. The van der Waals surface area contributed by atoms with Crippen LogP contribution >= 0.6 is 11.3 Å². The fraction of sp³-hybridized carbons (Fsp3) is 0.200. The van der Waals surface area contributed by atoms with Crippen LogP contribution in [-0.4, -0.2) is 10.9 Å². The summed E-state index contributed by atoms with van der Waals surface area (Å²) >= 11 is 1.47. The van der Waals surface area contributed by atoms with Crippen LogP contribution in [0.3, 0.4) is 0 Å². The molecule has 4 heteroatoms. The lowest BCUT2D eigenvalue weighted by Gasteiger charge is -2.17. The first-order chi connectivity index (χ1) is 11.6. The molecule has 2 aromatic carbocycles. The fourth-order valence-corrected chi connectivity index (χ4v) is 3.45. The maximum absolute atomic E-state index is 12.9. The summed E-state index contributed by atoms with van der Waals surface area (Å²) in [6.45, 7) is 4.19. The Morgan fingerprint density at radius 3 is 1.96 bits per heavy atom. The Morgan fingerprint density at radius 2 is 1.50 bits per heavy atom. The van der Waals surface area contributed by atoms with Gasteiger partial charge in [0.15, 0.2) is 5.13 Å². The second-order valence-electron chi connectivity index (χ2n) is 5.98. The highest BCUT2D eigenvalue weighted by molar-refractivity contribution is 7.13. The van der Waals surface area contributed by atoms with Gasteiger partial charge in [0.2, 0.25) is 5.91 Å². The van der Waals surface area contributed by atoms with Gasteiger partial charge in [0.05, 0.1) is 11.6 Å². The molecule has 0 aliphatic carbocycles. The number of benzene rings is 2. The van der Waals surface area contributed by atoms with Crippen molar-refractivity contribution in [3.8, 4) is 0 Å². The van der Waals surface area contributed by atoms with E-state index in [1.807, 2.05) is 66.0 Å². The summed E-state index contributed by atoms with van der Waals surface area (Å²) in [5, 5.41) is 5.64. The third kappa shape index (κ3) is 3.71. The Bertz CT molecular complexity index is 757. The Balaban J connectivity index is 1.89. The summed E-state index contributed by atoms with van der Waals surface area (Å²) in [4.78, 5) is 17.5. The quantitative estimate of drug-likeness (QED) is 0.709. The van der Waals surface area contributed by atoms with Crippen LogP contribution in [0.1, 0.15) is 42.5 Å². The van der Waals surface area contributed by atoms with Gasteiger partial charge in [-0.05, 0) is 17.0 Å². The zero-order valence-corrected chi connectivity index (χ0v) is 14.6. The van der Waals surface area contributed by atoms with E-state index in [4.69, 9.17) is 0 Å². The normalized spacial score (nSPS) is 11.0.